The molecule has 5 rings (SSSR count). The number of carbonyl (C=O) groups excluding carboxylic acids is 2. The average Bonchev–Trinajstić information content (AvgIpc) is 3.41. The molecule has 6 heteroatoms. The Kier molecular flexibility index (Phi) is 3.81. The van der Waals surface area contributed by atoms with Gasteiger partial charge < -0.3 is 11.1 Å². The van der Waals surface area contributed by atoms with Crippen LogP contribution in [0.5, 0.6) is 0 Å². The van der Waals surface area contributed by atoms with Crippen molar-refractivity contribution in [3.63, 3.8) is 0 Å². The quantitative estimate of drug-likeness (QED) is 0.368. The van der Waals surface area contributed by atoms with Gasteiger partial charge in [0.15, 0.2) is 5.96 Å². The lowest BCUT2D eigenvalue weighted by molar-refractivity contribution is -0.140. The topological polar surface area (TPSA) is 87.8 Å². The summed E-state index contributed by atoms with van der Waals surface area (Å²) in [5.41, 5.74) is 9.71. The van der Waals surface area contributed by atoms with E-state index in [9.17, 15) is 9.59 Å². The van der Waals surface area contributed by atoms with Gasteiger partial charge in [0.2, 0.25) is 11.8 Å². The van der Waals surface area contributed by atoms with Gasteiger partial charge in [0.05, 0.1) is 18.4 Å². The third-order valence-electron chi connectivity index (χ3n) is 6.54. The Bertz CT molecular complexity index is 845. The first-order valence-electron chi connectivity index (χ1n) is 9.84. The van der Waals surface area contributed by atoms with Crippen LogP contribution in [0.25, 0.3) is 0 Å². The Morgan fingerprint density at radius 3 is 2.56 bits per heavy atom. The summed E-state index contributed by atoms with van der Waals surface area (Å²) in [5.74, 6) is 0.475. The fourth-order valence-corrected chi connectivity index (χ4v) is 5.29. The largest absolute Gasteiger partial charge is 0.370 e. The van der Waals surface area contributed by atoms with E-state index in [1.165, 1.54) is 22.4 Å². The van der Waals surface area contributed by atoms with Gasteiger partial charge in [-0.1, -0.05) is 18.2 Å². The van der Waals surface area contributed by atoms with Crippen molar-refractivity contribution in [2.75, 3.05) is 18.4 Å². The zero-order valence-electron chi connectivity index (χ0n) is 15.2. The molecule has 3 aliphatic carbocycles. The van der Waals surface area contributed by atoms with Crippen LogP contribution in [-0.2, 0) is 22.4 Å². The van der Waals surface area contributed by atoms with Crippen molar-refractivity contribution in [3.05, 3.63) is 41.5 Å². The summed E-state index contributed by atoms with van der Waals surface area (Å²) < 4.78 is 0. The number of nitrogens with one attached hydrogen (secondary N) is 1. The Morgan fingerprint density at radius 1 is 1.11 bits per heavy atom. The van der Waals surface area contributed by atoms with Crippen molar-refractivity contribution in [1.29, 1.82) is 0 Å². The molecule has 1 aromatic rings. The van der Waals surface area contributed by atoms with E-state index in [2.05, 4.69) is 34.6 Å². The normalized spacial score (nSPS) is 31.0. The number of hydrogen-bond acceptors (Lipinski definition) is 3. The van der Waals surface area contributed by atoms with Gasteiger partial charge in [-0.3, -0.25) is 19.5 Å². The molecule has 0 aromatic heterocycles. The maximum Gasteiger partial charge on any atom is 0.233 e. The molecule has 1 heterocycles. The summed E-state index contributed by atoms with van der Waals surface area (Å²) >= 11 is 0. The molecule has 27 heavy (non-hydrogen) atoms. The highest BCUT2D eigenvalue weighted by Crippen LogP contribution is 2.52. The molecule has 1 aromatic carbocycles. The number of nitrogens with two attached hydrogens (primary N) is 1. The lowest BCUT2D eigenvalue weighted by atomic mass is 9.85. The summed E-state index contributed by atoms with van der Waals surface area (Å²) in [6, 6.07) is 6.28. The van der Waals surface area contributed by atoms with Crippen molar-refractivity contribution in [2.24, 2.45) is 34.4 Å². The van der Waals surface area contributed by atoms with Gasteiger partial charge in [0.1, 0.15) is 0 Å². The molecule has 1 saturated carbocycles. The second kappa shape index (κ2) is 6.22. The number of allylic oxidation sites excluding steroid dienone is 2. The van der Waals surface area contributed by atoms with Crippen LogP contribution >= 0.6 is 0 Å². The van der Waals surface area contributed by atoms with Crippen LogP contribution in [-0.4, -0.2) is 35.8 Å². The van der Waals surface area contributed by atoms with E-state index < -0.39 is 0 Å². The molecule has 0 spiro atoms. The molecular weight excluding hydrogens is 340 g/mol. The van der Waals surface area contributed by atoms with E-state index in [1.807, 2.05) is 6.07 Å². The first-order chi connectivity index (χ1) is 13.1. The fourth-order valence-electron chi connectivity index (χ4n) is 5.29. The van der Waals surface area contributed by atoms with Crippen LogP contribution in [0.3, 0.4) is 0 Å². The minimum absolute atomic E-state index is 0.0257. The number of fused-ring (bicyclic) bond motifs is 6. The third kappa shape index (κ3) is 2.66. The van der Waals surface area contributed by atoms with Gasteiger partial charge >= 0.3 is 0 Å². The number of carbonyl (C=O) groups is 2. The van der Waals surface area contributed by atoms with Gasteiger partial charge in [0, 0.05) is 12.2 Å². The molecule has 4 aliphatic rings. The molecule has 3 N–H and O–H groups in total. The summed E-state index contributed by atoms with van der Waals surface area (Å²) in [7, 11) is 0. The van der Waals surface area contributed by atoms with Crippen molar-refractivity contribution < 1.29 is 9.59 Å². The van der Waals surface area contributed by atoms with Gasteiger partial charge in [-0.25, -0.2) is 0 Å². The van der Waals surface area contributed by atoms with Gasteiger partial charge in [-0.15, -0.1) is 0 Å². The van der Waals surface area contributed by atoms with Crippen LogP contribution in [0.15, 0.2) is 35.3 Å². The molecule has 140 valence electrons. The maximum absolute atomic E-state index is 12.6. The third-order valence-corrected chi connectivity index (χ3v) is 6.54. The molecule has 4 unspecified atom stereocenters. The van der Waals surface area contributed by atoms with E-state index in [0.29, 0.717) is 19.0 Å². The molecule has 1 saturated heterocycles. The highest BCUT2D eigenvalue weighted by atomic mass is 16.2. The number of guanidine groups is 1. The predicted molar refractivity (Wildman–Crippen MR) is 103 cm³/mol. The average molecular weight is 364 g/mol. The van der Waals surface area contributed by atoms with Crippen molar-refractivity contribution in [1.82, 2.24) is 4.90 Å². The van der Waals surface area contributed by atoms with Gasteiger partial charge in [0.25, 0.3) is 0 Å². The predicted octanol–water partition coefficient (Wildman–Crippen LogP) is 1.71. The molecule has 4 atom stereocenters. The van der Waals surface area contributed by atoms with E-state index >= 15 is 0 Å². The standard InChI is InChI=1S/C21H24N4O2/c22-21(24-16-7-6-12-2-1-3-13(12)11-16)23-8-9-25-19(26)17-14-4-5-15(10-14)18(17)20(25)27/h4-7,11,14-15,17-18H,1-3,8-10H2,(H3,22,23,24). The summed E-state index contributed by atoms with van der Waals surface area (Å²) in [4.78, 5) is 31.0. The Balaban J connectivity index is 1.19. The minimum atomic E-state index is -0.140. The van der Waals surface area contributed by atoms with Crippen molar-refractivity contribution in [3.8, 4) is 0 Å². The highest BCUT2D eigenvalue weighted by Gasteiger charge is 2.58. The Morgan fingerprint density at radius 2 is 1.81 bits per heavy atom. The molecule has 2 amide bonds. The van der Waals surface area contributed by atoms with Crippen molar-refractivity contribution in [2.45, 2.75) is 25.7 Å². The zero-order valence-corrected chi connectivity index (χ0v) is 15.2. The summed E-state index contributed by atoms with van der Waals surface area (Å²) in [6.45, 7) is 0.625. The first-order valence-corrected chi connectivity index (χ1v) is 9.84. The number of anilines is 1. The second-order valence-corrected chi connectivity index (χ2v) is 8.06. The lowest BCUT2D eigenvalue weighted by Crippen LogP contribution is -2.35. The van der Waals surface area contributed by atoms with E-state index in [-0.39, 0.29) is 35.5 Å². The lowest BCUT2D eigenvalue weighted by Gasteiger charge is -2.16. The first kappa shape index (κ1) is 16.5. The smallest absolute Gasteiger partial charge is 0.233 e. The number of imide groups is 1. The number of rotatable bonds is 4. The minimum Gasteiger partial charge on any atom is -0.370 e. The van der Waals surface area contributed by atoms with Crippen LogP contribution in [0.4, 0.5) is 5.69 Å². The number of aryl methyl sites for hydroxylation is 2. The number of likely N-dealkylation sites (tertiary alicyclic amines) is 1. The molecule has 6 nitrogen and oxygen atoms in total. The number of benzene rings is 1. The summed E-state index contributed by atoms with van der Waals surface area (Å²) in [6.07, 6.45) is 8.64. The molecule has 0 radical (unpaired) electrons. The summed E-state index contributed by atoms with van der Waals surface area (Å²) in [5, 5.41) is 3.11. The Hall–Kier alpha value is -2.63. The number of aliphatic imine (C=N–C) groups is 1. The number of nitrogens with zero attached hydrogens (tertiary/aromatic N) is 2. The maximum atomic E-state index is 12.6. The van der Waals surface area contributed by atoms with Crippen LogP contribution in [0.1, 0.15) is 24.0 Å². The van der Waals surface area contributed by atoms with Crippen LogP contribution < -0.4 is 11.1 Å². The molecular formula is C21H24N4O2. The van der Waals surface area contributed by atoms with E-state index in [0.717, 1.165) is 24.9 Å². The molecule has 2 bridgehead atoms. The Labute approximate surface area is 158 Å². The van der Waals surface area contributed by atoms with Crippen molar-refractivity contribution >= 4 is 23.5 Å². The zero-order chi connectivity index (χ0) is 18.5. The van der Waals surface area contributed by atoms with Crippen LogP contribution in [0, 0.1) is 23.7 Å². The SMILES string of the molecule is NC(=NCCN1C(=O)C2C3C=CC(C3)C2C1=O)Nc1ccc2c(c1)CCC2. The van der Waals surface area contributed by atoms with E-state index in [1.54, 1.807) is 0 Å². The van der Waals surface area contributed by atoms with Gasteiger partial charge in [-0.05, 0) is 60.8 Å². The highest BCUT2D eigenvalue weighted by molar-refractivity contribution is 6.06. The number of amides is 2. The van der Waals surface area contributed by atoms with Crippen LogP contribution in [0.2, 0.25) is 0 Å². The van der Waals surface area contributed by atoms with E-state index in [4.69, 9.17) is 5.73 Å². The second-order valence-electron chi connectivity index (χ2n) is 8.06. The molecule has 2 fully saturated rings. The monoisotopic (exact) mass is 364 g/mol. The fraction of sp³-hybridized carbons (Fsp3) is 0.476. The molecule has 1 aliphatic heterocycles. The number of hydrogen-bond donors (Lipinski definition) is 2. The van der Waals surface area contributed by atoms with Gasteiger partial charge in [-0.2, -0.15) is 0 Å².